The van der Waals surface area contributed by atoms with Crippen LogP contribution in [0.3, 0.4) is 0 Å². The molecule has 0 bridgehead atoms. The van der Waals surface area contributed by atoms with Crippen LogP contribution in [0.2, 0.25) is 0 Å². The first kappa shape index (κ1) is 14.8. The third-order valence-electron chi connectivity index (χ3n) is 4.29. The van der Waals surface area contributed by atoms with Crippen LogP contribution in [-0.2, 0) is 9.53 Å². The summed E-state index contributed by atoms with van der Waals surface area (Å²) in [6.07, 6.45) is 3.85. The van der Waals surface area contributed by atoms with Crippen LogP contribution in [0.5, 0.6) is 0 Å². The van der Waals surface area contributed by atoms with Crippen molar-refractivity contribution in [3.8, 4) is 0 Å². The molecule has 1 amide bonds. The van der Waals surface area contributed by atoms with Gasteiger partial charge in [-0.3, -0.25) is 9.69 Å². The minimum atomic E-state index is -0.744. The predicted octanol–water partition coefficient (Wildman–Crippen LogP) is 0.518. The van der Waals surface area contributed by atoms with Crippen molar-refractivity contribution in [2.75, 3.05) is 32.8 Å². The zero-order valence-corrected chi connectivity index (χ0v) is 11.9. The maximum Gasteiger partial charge on any atom is 0.222 e. The number of ether oxygens (including phenoxy) is 1. The number of hydrogen-bond acceptors (Lipinski definition) is 4. The van der Waals surface area contributed by atoms with Crippen molar-refractivity contribution >= 4 is 5.91 Å². The molecule has 1 aliphatic carbocycles. The molecule has 1 atom stereocenters. The molecule has 0 radical (unpaired) electrons. The van der Waals surface area contributed by atoms with Gasteiger partial charge in [0.2, 0.25) is 5.91 Å². The van der Waals surface area contributed by atoms with E-state index in [1.807, 2.05) is 0 Å². The first-order chi connectivity index (χ1) is 9.09. The molecule has 0 spiro atoms. The normalized spacial score (nSPS) is 25.2. The van der Waals surface area contributed by atoms with Crippen molar-refractivity contribution < 1.29 is 14.6 Å². The SMILES string of the molecule is CC(CNC(=O)CC1(O)CCCC1)N1CCOCC1. The van der Waals surface area contributed by atoms with E-state index in [2.05, 4.69) is 17.1 Å². The van der Waals surface area contributed by atoms with Gasteiger partial charge in [-0.2, -0.15) is 0 Å². The van der Waals surface area contributed by atoms with E-state index >= 15 is 0 Å². The average molecular weight is 270 g/mol. The Balaban J connectivity index is 1.67. The molecule has 1 unspecified atom stereocenters. The van der Waals surface area contributed by atoms with Crippen molar-refractivity contribution in [2.45, 2.75) is 50.7 Å². The van der Waals surface area contributed by atoms with E-state index < -0.39 is 5.60 Å². The molecule has 2 rings (SSSR count). The summed E-state index contributed by atoms with van der Waals surface area (Å²) in [5, 5.41) is 13.1. The van der Waals surface area contributed by atoms with Crippen molar-refractivity contribution in [1.29, 1.82) is 0 Å². The van der Waals surface area contributed by atoms with E-state index in [-0.39, 0.29) is 12.3 Å². The first-order valence-electron chi connectivity index (χ1n) is 7.40. The van der Waals surface area contributed by atoms with E-state index in [0.717, 1.165) is 52.0 Å². The topological polar surface area (TPSA) is 61.8 Å². The lowest BCUT2D eigenvalue weighted by Gasteiger charge is -2.32. The summed E-state index contributed by atoms with van der Waals surface area (Å²) in [4.78, 5) is 14.2. The second-order valence-corrected chi connectivity index (χ2v) is 5.91. The Bertz CT molecular complexity index is 297. The van der Waals surface area contributed by atoms with Gasteiger partial charge < -0.3 is 15.2 Å². The Kier molecular flexibility index (Phi) is 5.19. The molecule has 5 nitrogen and oxygen atoms in total. The largest absolute Gasteiger partial charge is 0.389 e. The lowest BCUT2D eigenvalue weighted by Crippen LogP contribution is -2.48. The molecule has 2 aliphatic rings. The molecule has 2 N–H and O–H groups in total. The molecule has 0 aromatic carbocycles. The molecule has 1 saturated carbocycles. The van der Waals surface area contributed by atoms with Gasteiger partial charge in [0.05, 0.1) is 25.2 Å². The molecule has 0 aromatic rings. The van der Waals surface area contributed by atoms with Gasteiger partial charge in [-0.25, -0.2) is 0 Å². The lowest BCUT2D eigenvalue weighted by atomic mass is 9.97. The number of carbonyl (C=O) groups excluding carboxylic acids is 1. The van der Waals surface area contributed by atoms with Gasteiger partial charge >= 0.3 is 0 Å². The van der Waals surface area contributed by atoms with Gasteiger partial charge in [0.15, 0.2) is 0 Å². The van der Waals surface area contributed by atoms with Crippen molar-refractivity contribution in [1.82, 2.24) is 10.2 Å². The molecule has 19 heavy (non-hydrogen) atoms. The van der Waals surface area contributed by atoms with Gasteiger partial charge in [-0.15, -0.1) is 0 Å². The van der Waals surface area contributed by atoms with Crippen molar-refractivity contribution in [3.05, 3.63) is 0 Å². The zero-order valence-electron chi connectivity index (χ0n) is 11.9. The molecule has 110 valence electrons. The summed E-state index contributed by atoms with van der Waals surface area (Å²) in [6, 6.07) is 0.325. The number of morpholine rings is 1. The Morgan fingerprint density at radius 1 is 1.37 bits per heavy atom. The van der Waals surface area contributed by atoms with Gasteiger partial charge in [0.25, 0.3) is 0 Å². The number of hydrogen-bond donors (Lipinski definition) is 2. The monoisotopic (exact) mass is 270 g/mol. The standard InChI is InChI=1S/C14H26N2O3/c1-12(16-6-8-19-9-7-16)11-15-13(17)10-14(18)4-2-3-5-14/h12,18H,2-11H2,1H3,(H,15,17). The predicted molar refractivity (Wildman–Crippen MR) is 72.9 cm³/mol. The van der Waals surface area contributed by atoms with Gasteiger partial charge in [-0.05, 0) is 19.8 Å². The highest BCUT2D eigenvalue weighted by Crippen LogP contribution is 2.32. The Morgan fingerprint density at radius 2 is 2.00 bits per heavy atom. The first-order valence-corrected chi connectivity index (χ1v) is 7.40. The summed E-state index contributed by atoms with van der Waals surface area (Å²) < 4.78 is 5.32. The van der Waals surface area contributed by atoms with E-state index in [4.69, 9.17) is 4.74 Å². The molecule has 1 heterocycles. The zero-order chi connectivity index (χ0) is 13.7. The van der Waals surface area contributed by atoms with Gasteiger partial charge in [0.1, 0.15) is 0 Å². The number of aliphatic hydroxyl groups is 1. The van der Waals surface area contributed by atoms with E-state index in [1.54, 1.807) is 0 Å². The van der Waals surface area contributed by atoms with Crippen LogP contribution < -0.4 is 5.32 Å². The van der Waals surface area contributed by atoms with Crippen LogP contribution in [0, 0.1) is 0 Å². The summed E-state index contributed by atoms with van der Waals surface area (Å²) in [5.74, 6) is -0.0236. The molecule has 2 fully saturated rings. The minimum absolute atomic E-state index is 0.0236. The van der Waals surface area contributed by atoms with E-state index in [1.165, 1.54) is 0 Å². The number of amides is 1. The average Bonchev–Trinajstić information content (AvgIpc) is 2.83. The Hall–Kier alpha value is -0.650. The fourth-order valence-corrected chi connectivity index (χ4v) is 2.98. The molecule has 1 aliphatic heterocycles. The highest BCUT2D eigenvalue weighted by molar-refractivity contribution is 5.77. The second kappa shape index (κ2) is 6.68. The molecular formula is C14H26N2O3. The van der Waals surface area contributed by atoms with Gasteiger partial charge in [-0.1, -0.05) is 12.8 Å². The fourth-order valence-electron chi connectivity index (χ4n) is 2.98. The van der Waals surface area contributed by atoms with Crippen LogP contribution in [0.1, 0.15) is 39.0 Å². The molecular weight excluding hydrogens is 244 g/mol. The van der Waals surface area contributed by atoms with Gasteiger partial charge in [0, 0.05) is 25.7 Å². The number of nitrogens with one attached hydrogen (secondary N) is 1. The summed E-state index contributed by atoms with van der Waals surface area (Å²) in [5.41, 5.74) is -0.744. The summed E-state index contributed by atoms with van der Waals surface area (Å²) >= 11 is 0. The third-order valence-corrected chi connectivity index (χ3v) is 4.29. The fraction of sp³-hybridized carbons (Fsp3) is 0.929. The van der Waals surface area contributed by atoms with Crippen LogP contribution in [0.15, 0.2) is 0 Å². The maximum atomic E-state index is 11.9. The highest BCUT2D eigenvalue weighted by Gasteiger charge is 2.33. The van der Waals surface area contributed by atoms with E-state index in [0.29, 0.717) is 12.6 Å². The Labute approximate surface area is 115 Å². The molecule has 0 aromatic heterocycles. The third kappa shape index (κ3) is 4.44. The maximum absolute atomic E-state index is 11.9. The minimum Gasteiger partial charge on any atom is -0.389 e. The van der Waals surface area contributed by atoms with E-state index in [9.17, 15) is 9.90 Å². The highest BCUT2D eigenvalue weighted by atomic mass is 16.5. The summed E-state index contributed by atoms with van der Waals surface area (Å²) in [7, 11) is 0. The molecule has 1 saturated heterocycles. The number of rotatable bonds is 5. The Morgan fingerprint density at radius 3 is 2.63 bits per heavy atom. The van der Waals surface area contributed by atoms with Crippen LogP contribution in [0.4, 0.5) is 0 Å². The van der Waals surface area contributed by atoms with Crippen LogP contribution >= 0.6 is 0 Å². The molecule has 5 heteroatoms. The van der Waals surface area contributed by atoms with Crippen molar-refractivity contribution in [3.63, 3.8) is 0 Å². The number of carbonyl (C=O) groups is 1. The lowest BCUT2D eigenvalue weighted by molar-refractivity contribution is -0.126. The van der Waals surface area contributed by atoms with Crippen molar-refractivity contribution in [2.24, 2.45) is 0 Å². The van der Waals surface area contributed by atoms with Crippen LogP contribution in [0.25, 0.3) is 0 Å². The quantitative estimate of drug-likeness (QED) is 0.764. The smallest absolute Gasteiger partial charge is 0.222 e. The second-order valence-electron chi connectivity index (χ2n) is 5.91. The van der Waals surface area contributed by atoms with Crippen LogP contribution in [-0.4, -0.2) is 60.4 Å². The summed E-state index contributed by atoms with van der Waals surface area (Å²) in [6.45, 7) is 6.18. The number of nitrogens with zero attached hydrogens (tertiary/aromatic N) is 1.